The highest BCUT2D eigenvalue weighted by Gasteiger charge is 2.55. The van der Waals surface area contributed by atoms with Gasteiger partial charge in [0.05, 0.1) is 5.60 Å². The Morgan fingerprint density at radius 2 is 1.88 bits per heavy atom. The normalized spacial score (nSPS) is 42.6. The number of allylic oxidation sites excluding steroid dienone is 2. The van der Waals surface area contributed by atoms with Crippen LogP contribution in [0.3, 0.4) is 0 Å². The molecule has 7 atom stereocenters. The molecule has 25 heavy (non-hydrogen) atoms. The molecule has 3 nitrogen and oxygen atoms in total. The average molecular weight is 351 g/mol. The molecule has 0 aromatic heterocycles. The van der Waals surface area contributed by atoms with Crippen LogP contribution in [0.15, 0.2) is 11.6 Å². The van der Waals surface area contributed by atoms with Gasteiger partial charge in [-0.25, -0.2) is 0 Å². The van der Waals surface area contributed by atoms with E-state index in [1.54, 1.807) is 0 Å². The van der Waals surface area contributed by atoms with Gasteiger partial charge >= 0.3 is 0 Å². The number of rotatable bonds is 6. The summed E-state index contributed by atoms with van der Waals surface area (Å²) in [6.07, 6.45) is 9.36. The van der Waals surface area contributed by atoms with Crippen molar-refractivity contribution in [3.05, 3.63) is 11.6 Å². The van der Waals surface area contributed by atoms with Gasteiger partial charge in [-0.1, -0.05) is 18.6 Å². The van der Waals surface area contributed by atoms with Crippen LogP contribution in [0, 0.1) is 23.7 Å². The lowest BCUT2D eigenvalue weighted by Crippen LogP contribution is -2.66. The maximum absolute atomic E-state index is 11.1. The van der Waals surface area contributed by atoms with Crippen LogP contribution in [-0.2, 0) is 0 Å². The molecule has 146 valence electrons. The summed E-state index contributed by atoms with van der Waals surface area (Å²) in [6.45, 7) is 11.3. The predicted octanol–water partition coefficient (Wildman–Crippen LogP) is 4.12. The quantitative estimate of drug-likeness (QED) is 0.631. The van der Waals surface area contributed by atoms with E-state index in [1.807, 2.05) is 14.0 Å². The van der Waals surface area contributed by atoms with Crippen molar-refractivity contribution in [2.45, 2.75) is 90.3 Å². The fourth-order valence-corrected chi connectivity index (χ4v) is 5.90. The topological polar surface area (TPSA) is 44.3 Å². The molecule has 0 saturated heterocycles. The Hall–Kier alpha value is -0.380. The number of nitrogens with one attached hydrogen (secondary N) is 2. The molecule has 0 aliphatic heterocycles. The van der Waals surface area contributed by atoms with Gasteiger partial charge < -0.3 is 15.7 Å². The summed E-state index contributed by atoms with van der Waals surface area (Å²) in [4.78, 5) is 0. The maximum atomic E-state index is 11.1. The second-order valence-electron chi connectivity index (χ2n) is 9.55. The van der Waals surface area contributed by atoms with Crippen LogP contribution in [-0.4, -0.2) is 36.4 Å². The maximum Gasteiger partial charge on any atom is 0.0775 e. The third-order valence-corrected chi connectivity index (χ3v) is 7.58. The van der Waals surface area contributed by atoms with E-state index in [9.17, 15) is 5.11 Å². The minimum atomic E-state index is -0.597. The third kappa shape index (κ3) is 4.31. The summed E-state index contributed by atoms with van der Waals surface area (Å²) in [5.74, 6) is 2.58. The SMILES string of the molecule is CNC1C2C(C(C)CCC=C(C)C)CCC(C)(NC)C2CCC1(C)O. The van der Waals surface area contributed by atoms with Crippen molar-refractivity contribution in [2.24, 2.45) is 23.7 Å². The number of hydrogen-bond acceptors (Lipinski definition) is 3. The zero-order valence-corrected chi connectivity index (χ0v) is 17.7. The van der Waals surface area contributed by atoms with Crippen molar-refractivity contribution < 1.29 is 5.11 Å². The van der Waals surface area contributed by atoms with Gasteiger partial charge in [-0.15, -0.1) is 0 Å². The first-order valence-corrected chi connectivity index (χ1v) is 10.4. The van der Waals surface area contributed by atoms with E-state index < -0.39 is 5.60 Å². The lowest BCUT2D eigenvalue weighted by atomic mass is 9.52. The minimum Gasteiger partial charge on any atom is -0.389 e. The number of hydrogen-bond donors (Lipinski definition) is 3. The molecule has 2 aliphatic rings. The van der Waals surface area contributed by atoms with Gasteiger partial charge in [0.25, 0.3) is 0 Å². The first kappa shape index (κ1) is 20.9. The standard InChI is InChI=1S/C22H42N2O/c1-15(2)9-8-10-16(3)17-11-13-21(4,24-7)18-12-14-22(5,25)20(23-6)19(17)18/h9,16-20,23-25H,8,10-14H2,1-7H3. The van der Waals surface area contributed by atoms with Crippen LogP contribution in [0.5, 0.6) is 0 Å². The molecule has 3 heteroatoms. The Labute approximate surface area is 156 Å². The Kier molecular flexibility index (Phi) is 6.78. The molecule has 2 saturated carbocycles. The summed E-state index contributed by atoms with van der Waals surface area (Å²) < 4.78 is 0. The Balaban J connectivity index is 2.26. The van der Waals surface area contributed by atoms with E-state index in [-0.39, 0.29) is 11.6 Å². The van der Waals surface area contributed by atoms with E-state index in [0.29, 0.717) is 23.7 Å². The van der Waals surface area contributed by atoms with Crippen LogP contribution < -0.4 is 10.6 Å². The number of fused-ring (bicyclic) bond motifs is 1. The largest absolute Gasteiger partial charge is 0.389 e. The van der Waals surface area contributed by atoms with Crippen molar-refractivity contribution in [1.29, 1.82) is 0 Å². The molecule has 0 aromatic rings. The summed E-state index contributed by atoms with van der Waals surface area (Å²) in [6, 6.07) is 0.190. The molecule has 0 aromatic carbocycles. The second-order valence-corrected chi connectivity index (χ2v) is 9.55. The van der Waals surface area contributed by atoms with Gasteiger partial charge in [0, 0.05) is 11.6 Å². The van der Waals surface area contributed by atoms with Crippen LogP contribution in [0.2, 0.25) is 0 Å². The molecular formula is C22H42N2O. The molecule has 0 bridgehead atoms. The molecule has 7 unspecified atom stereocenters. The molecule has 2 rings (SSSR count). The summed E-state index contributed by atoms with van der Waals surface area (Å²) in [5, 5.41) is 18.2. The summed E-state index contributed by atoms with van der Waals surface area (Å²) in [7, 11) is 4.16. The predicted molar refractivity (Wildman–Crippen MR) is 108 cm³/mol. The van der Waals surface area contributed by atoms with Crippen molar-refractivity contribution in [1.82, 2.24) is 10.6 Å². The van der Waals surface area contributed by atoms with Crippen LogP contribution in [0.25, 0.3) is 0 Å². The highest BCUT2D eigenvalue weighted by Crippen LogP contribution is 2.53. The lowest BCUT2D eigenvalue weighted by Gasteiger charge is -2.59. The molecule has 0 spiro atoms. The fourth-order valence-electron chi connectivity index (χ4n) is 5.90. The van der Waals surface area contributed by atoms with Gasteiger partial charge in [-0.3, -0.25) is 0 Å². The van der Waals surface area contributed by atoms with E-state index in [4.69, 9.17) is 0 Å². The zero-order valence-electron chi connectivity index (χ0n) is 17.7. The smallest absolute Gasteiger partial charge is 0.0775 e. The van der Waals surface area contributed by atoms with Crippen molar-refractivity contribution >= 4 is 0 Å². The molecule has 3 N–H and O–H groups in total. The molecule has 0 amide bonds. The average Bonchev–Trinajstić information content (AvgIpc) is 2.53. The van der Waals surface area contributed by atoms with Gasteiger partial charge in [0.2, 0.25) is 0 Å². The highest BCUT2D eigenvalue weighted by atomic mass is 16.3. The Bertz CT molecular complexity index is 469. The zero-order chi connectivity index (χ0) is 18.8. The van der Waals surface area contributed by atoms with Crippen LogP contribution in [0.1, 0.15) is 73.1 Å². The Morgan fingerprint density at radius 3 is 2.44 bits per heavy atom. The van der Waals surface area contributed by atoms with Gasteiger partial charge in [0.1, 0.15) is 0 Å². The van der Waals surface area contributed by atoms with Gasteiger partial charge in [-0.05, 0) is 104 Å². The van der Waals surface area contributed by atoms with Crippen LogP contribution in [0.4, 0.5) is 0 Å². The van der Waals surface area contributed by atoms with E-state index in [2.05, 4.69) is 51.5 Å². The van der Waals surface area contributed by atoms with E-state index in [1.165, 1.54) is 31.3 Å². The monoisotopic (exact) mass is 350 g/mol. The first-order chi connectivity index (χ1) is 11.7. The van der Waals surface area contributed by atoms with Crippen LogP contribution >= 0.6 is 0 Å². The minimum absolute atomic E-state index is 0.190. The number of aliphatic hydroxyl groups is 1. The molecule has 0 radical (unpaired) electrons. The van der Waals surface area contributed by atoms with E-state index in [0.717, 1.165) is 12.8 Å². The van der Waals surface area contributed by atoms with Gasteiger partial charge in [0.15, 0.2) is 0 Å². The first-order valence-electron chi connectivity index (χ1n) is 10.4. The van der Waals surface area contributed by atoms with Gasteiger partial charge in [-0.2, -0.15) is 0 Å². The summed E-state index contributed by atoms with van der Waals surface area (Å²) in [5.41, 5.74) is 1.02. The molecule has 0 heterocycles. The lowest BCUT2D eigenvalue weighted by molar-refractivity contribution is -0.111. The number of likely N-dealkylation sites (N-methyl/N-ethyl adjacent to an activating group) is 1. The summed E-state index contributed by atoms with van der Waals surface area (Å²) >= 11 is 0. The third-order valence-electron chi connectivity index (χ3n) is 7.58. The molecule has 2 aliphatic carbocycles. The highest BCUT2D eigenvalue weighted by molar-refractivity contribution is 5.10. The molecule has 2 fully saturated rings. The Morgan fingerprint density at radius 1 is 1.20 bits per heavy atom. The van der Waals surface area contributed by atoms with Crippen molar-refractivity contribution in [3.63, 3.8) is 0 Å². The van der Waals surface area contributed by atoms with Crippen molar-refractivity contribution in [3.8, 4) is 0 Å². The van der Waals surface area contributed by atoms with E-state index >= 15 is 0 Å². The fraction of sp³-hybridized carbons (Fsp3) is 0.909. The van der Waals surface area contributed by atoms with Crippen molar-refractivity contribution in [2.75, 3.05) is 14.1 Å². The second kappa shape index (κ2) is 8.10. The molecular weight excluding hydrogens is 308 g/mol.